The van der Waals surface area contributed by atoms with Gasteiger partial charge < -0.3 is 4.57 Å². The highest BCUT2D eigenvalue weighted by Crippen LogP contribution is 2.57. The quantitative estimate of drug-likeness (QED) is 0.675. The Bertz CT molecular complexity index is 244. The Hall–Kier alpha value is 0.0200. The van der Waals surface area contributed by atoms with Gasteiger partial charge in [0.25, 0.3) is 0 Å². The summed E-state index contributed by atoms with van der Waals surface area (Å²) in [7, 11) is -3.02. The van der Waals surface area contributed by atoms with Crippen LogP contribution in [0.15, 0.2) is 0 Å². The molecule has 0 heterocycles. The van der Waals surface area contributed by atoms with Crippen LogP contribution in [0.4, 0.5) is 13.2 Å². The average molecular weight is 242 g/mol. The molecule has 0 aromatic heterocycles. The molecule has 1 aliphatic carbocycles. The minimum absolute atomic E-state index is 0.169. The number of hydrogen-bond acceptors (Lipinski definition) is 1. The zero-order valence-corrected chi connectivity index (χ0v) is 9.91. The normalized spacial score (nSPS) is 23.7. The lowest BCUT2D eigenvalue weighted by Crippen LogP contribution is -2.23. The Balaban J connectivity index is 2.70. The first kappa shape index (κ1) is 13.1. The van der Waals surface area contributed by atoms with E-state index in [4.69, 9.17) is 0 Å². The number of hydrogen-bond donors (Lipinski definition) is 0. The standard InChI is InChI=1S/C10H18F3OP/c1-2-15(14,8-10(11,12)13)9-6-4-3-5-7-9/h9H,2-8H2,1H3. The lowest BCUT2D eigenvalue weighted by molar-refractivity contribution is -0.107. The summed E-state index contributed by atoms with van der Waals surface area (Å²) in [6.07, 6.45) is -0.741. The fourth-order valence-corrected chi connectivity index (χ4v) is 5.27. The fraction of sp³-hybridized carbons (Fsp3) is 1.00. The van der Waals surface area contributed by atoms with E-state index < -0.39 is 19.5 Å². The van der Waals surface area contributed by atoms with Gasteiger partial charge in [-0.25, -0.2) is 0 Å². The van der Waals surface area contributed by atoms with E-state index in [0.29, 0.717) is 0 Å². The summed E-state index contributed by atoms with van der Waals surface area (Å²) < 4.78 is 49.2. The van der Waals surface area contributed by atoms with E-state index in [1.54, 1.807) is 6.92 Å². The van der Waals surface area contributed by atoms with Crippen molar-refractivity contribution in [2.45, 2.75) is 50.9 Å². The minimum Gasteiger partial charge on any atom is -0.323 e. The highest BCUT2D eigenvalue weighted by molar-refractivity contribution is 7.64. The van der Waals surface area contributed by atoms with E-state index in [-0.39, 0.29) is 11.8 Å². The third-order valence-corrected chi connectivity index (χ3v) is 7.03. The summed E-state index contributed by atoms with van der Waals surface area (Å²) in [4.78, 5) is 0. The van der Waals surface area contributed by atoms with Crippen LogP contribution in [-0.4, -0.2) is 24.2 Å². The van der Waals surface area contributed by atoms with Crippen molar-refractivity contribution in [1.29, 1.82) is 0 Å². The zero-order valence-electron chi connectivity index (χ0n) is 9.02. The van der Waals surface area contributed by atoms with E-state index in [1.165, 1.54) is 0 Å². The van der Waals surface area contributed by atoms with E-state index in [1.807, 2.05) is 0 Å². The lowest BCUT2D eigenvalue weighted by Gasteiger charge is -2.30. The van der Waals surface area contributed by atoms with Gasteiger partial charge in [-0.2, -0.15) is 13.2 Å². The molecule has 1 rings (SSSR count). The molecule has 1 atom stereocenters. The van der Waals surface area contributed by atoms with E-state index in [9.17, 15) is 17.7 Å². The van der Waals surface area contributed by atoms with Gasteiger partial charge in [-0.15, -0.1) is 0 Å². The van der Waals surface area contributed by atoms with Crippen molar-refractivity contribution in [3.05, 3.63) is 0 Å². The third kappa shape index (κ3) is 3.82. The minimum atomic E-state index is -4.27. The van der Waals surface area contributed by atoms with Crippen LogP contribution in [-0.2, 0) is 4.57 Å². The van der Waals surface area contributed by atoms with Crippen molar-refractivity contribution >= 4 is 7.14 Å². The van der Waals surface area contributed by atoms with Crippen molar-refractivity contribution < 1.29 is 17.7 Å². The Kier molecular flexibility index (Phi) is 4.28. The molecule has 1 saturated carbocycles. The smallest absolute Gasteiger partial charge is 0.323 e. The van der Waals surface area contributed by atoms with Gasteiger partial charge in [0.05, 0.1) is 13.3 Å². The lowest BCUT2D eigenvalue weighted by atomic mass is 10.0. The van der Waals surface area contributed by atoms with Crippen LogP contribution in [0, 0.1) is 0 Å². The monoisotopic (exact) mass is 242 g/mol. The first-order valence-corrected chi connectivity index (χ1v) is 7.66. The SMILES string of the molecule is CCP(=O)(CC(F)(F)F)C1CCCCC1. The Morgan fingerprint density at radius 2 is 1.73 bits per heavy atom. The van der Waals surface area contributed by atoms with Crippen LogP contribution < -0.4 is 0 Å². The van der Waals surface area contributed by atoms with E-state index >= 15 is 0 Å². The van der Waals surface area contributed by atoms with Crippen LogP contribution in [0.1, 0.15) is 39.0 Å². The molecule has 0 aromatic rings. The molecule has 0 N–H and O–H groups in total. The second kappa shape index (κ2) is 4.90. The maximum atomic E-state index is 12.3. The Labute approximate surface area is 88.8 Å². The molecule has 1 unspecified atom stereocenters. The largest absolute Gasteiger partial charge is 0.395 e. The first-order valence-electron chi connectivity index (χ1n) is 5.52. The Morgan fingerprint density at radius 1 is 1.20 bits per heavy atom. The second-order valence-electron chi connectivity index (χ2n) is 4.33. The van der Waals surface area contributed by atoms with Gasteiger partial charge in [-0.1, -0.05) is 26.2 Å². The van der Waals surface area contributed by atoms with Gasteiger partial charge in [0.15, 0.2) is 0 Å². The summed E-state index contributed by atoms with van der Waals surface area (Å²) in [6.45, 7) is 1.63. The molecule has 0 spiro atoms. The molecule has 90 valence electrons. The molecule has 0 aliphatic heterocycles. The van der Waals surface area contributed by atoms with Gasteiger partial charge in [0.2, 0.25) is 0 Å². The fourth-order valence-electron chi connectivity index (χ4n) is 2.35. The second-order valence-corrected chi connectivity index (χ2v) is 7.92. The molecule has 0 radical (unpaired) electrons. The summed E-state index contributed by atoms with van der Waals surface area (Å²) in [5.41, 5.74) is -0.169. The predicted octanol–water partition coefficient (Wildman–Crippen LogP) is 4.26. The van der Waals surface area contributed by atoms with Gasteiger partial charge in [0, 0.05) is 5.66 Å². The predicted molar refractivity (Wildman–Crippen MR) is 55.9 cm³/mol. The van der Waals surface area contributed by atoms with Gasteiger partial charge in [-0.3, -0.25) is 0 Å². The van der Waals surface area contributed by atoms with Crippen LogP contribution in [0.5, 0.6) is 0 Å². The molecule has 0 amide bonds. The molecular formula is C10H18F3OP. The number of rotatable bonds is 3. The topological polar surface area (TPSA) is 17.1 Å². The maximum Gasteiger partial charge on any atom is 0.395 e. The van der Waals surface area contributed by atoms with E-state index in [2.05, 4.69) is 0 Å². The molecule has 1 aliphatic rings. The zero-order chi connectivity index (χ0) is 11.5. The number of halogens is 3. The molecule has 1 nitrogen and oxygen atoms in total. The van der Waals surface area contributed by atoms with Gasteiger partial charge in [0.1, 0.15) is 0 Å². The van der Waals surface area contributed by atoms with Crippen molar-refractivity contribution in [1.82, 2.24) is 0 Å². The van der Waals surface area contributed by atoms with Gasteiger partial charge >= 0.3 is 6.18 Å². The number of alkyl halides is 3. The van der Waals surface area contributed by atoms with Crippen LogP contribution in [0.25, 0.3) is 0 Å². The first-order chi connectivity index (χ1) is 6.87. The Morgan fingerprint density at radius 3 is 2.13 bits per heavy atom. The van der Waals surface area contributed by atoms with Gasteiger partial charge in [-0.05, 0) is 19.0 Å². The summed E-state index contributed by atoms with van der Waals surface area (Å²) in [5, 5.41) is 0. The van der Waals surface area contributed by atoms with Crippen LogP contribution in [0.2, 0.25) is 0 Å². The van der Waals surface area contributed by atoms with E-state index in [0.717, 1.165) is 32.1 Å². The highest BCUT2D eigenvalue weighted by Gasteiger charge is 2.42. The van der Waals surface area contributed by atoms with Crippen molar-refractivity contribution in [3.63, 3.8) is 0 Å². The van der Waals surface area contributed by atoms with Crippen molar-refractivity contribution in [2.24, 2.45) is 0 Å². The third-order valence-electron chi connectivity index (χ3n) is 3.22. The van der Waals surface area contributed by atoms with Crippen LogP contribution >= 0.6 is 7.14 Å². The summed E-state index contributed by atoms with van der Waals surface area (Å²) in [6, 6.07) is 0. The molecule has 1 fully saturated rings. The molecule has 15 heavy (non-hydrogen) atoms. The molecule has 0 saturated heterocycles. The molecule has 0 bridgehead atoms. The summed E-state index contributed by atoms with van der Waals surface area (Å²) in [5.74, 6) is 0. The molecular weight excluding hydrogens is 224 g/mol. The molecule has 0 aromatic carbocycles. The maximum absolute atomic E-state index is 12.3. The highest BCUT2D eigenvalue weighted by atomic mass is 31.2. The average Bonchev–Trinajstić information content (AvgIpc) is 2.16. The van der Waals surface area contributed by atoms with Crippen LogP contribution in [0.3, 0.4) is 0 Å². The van der Waals surface area contributed by atoms with Crippen molar-refractivity contribution in [2.75, 3.05) is 12.3 Å². The molecule has 5 heteroatoms. The van der Waals surface area contributed by atoms with Crippen molar-refractivity contribution in [3.8, 4) is 0 Å². The summed E-state index contributed by atoms with van der Waals surface area (Å²) >= 11 is 0.